The summed E-state index contributed by atoms with van der Waals surface area (Å²) in [6, 6.07) is 6.23. The van der Waals surface area contributed by atoms with Crippen molar-refractivity contribution in [1.29, 1.82) is 0 Å². The van der Waals surface area contributed by atoms with Crippen LogP contribution in [-0.4, -0.2) is 43.0 Å². The van der Waals surface area contributed by atoms with Gasteiger partial charge in [-0.1, -0.05) is 23.8 Å². The first kappa shape index (κ1) is 23.6. The van der Waals surface area contributed by atoms with Crippen LogP contribution in [0, 0.1) is 0 Å². The molecule has 2 unspecified atom stereocenters. The molecule has 0 fully saturated rings. The van der Waals surface area contributed by atoms with Gasteiger partial charge in [0, 0.05) is 17.5 Å². The predicted octanol–water partition coefficient (Wildman–Crippen LogP) is 3.69. The molecule has 2 aromatic carbocycles. The van der Waals surface area contributed by atoms with Crippen LogP contribution in [0.15, 0.2) is 35.9 Å². The maximum atomic E-state index is 13.1. The van der Waals surface area contributed by atoms with Gasteiger partial charge >= 0.3 is 0 Å². The first-order valence-corrected chi connectivity index (χ1v) is 10.5. The molecule has 0 saturated heterocycles. The van der Waals surface area contributed by atoms with Crippen molar-refractivity contribution < 1.29 is 35.1 Å². The zero-order valence-corrected chi connectivity index (χ0v) is 18.7. The second-order valence-electron chi connectivity index (χ2n) is 9.04. The van der Waals surface area contributed by atoms with Crippen LogP contribution < -0.4 is 4.74 Å². The molecule has 2 atom stereocenters. The molecule has 5 N–H and O–H groups in total. The molecule has 0 aromatic heterocycles. The molecule has 1 aliphatic rings. The molecule has 0 radical (unpaired) electrons. The SMILES string of the molecule is CC(C)=CCc1c(O)c(CC(O)C(C)(C)O)c2c(c1O)C(=O)CC(c1ccc(O)cc1)O2. The summed E-state index contributed by atoms with van der Waals surface area (Å²) in [6.45, 7) is 6.64. The highest BCUT2D eigenvalue weighted by Crippen LogP contribution is 2.49. The average molecular weight is 443 g/mol. The number of fused-ring (bicyclic) bond motifs is 1. The number of allylic oxidation sites excluding steroid dienone is 2. The summed E-state index contributed by atoms with van der Waals surface area (Å²) < 4.78 is 6.08. The smallest absolute Gasteiger partial charge is 0.174 e. The molecule has 7 nitrogen and oxygen atoms in total. The lowest BCUT2D eigenvalue weighted by molar-refractivity contribution is -0.0474. The Bertz CT molecular complexity index is 1040. The number of phenols is 3. The van der Waals surface area contributed by atoms with Crippen molar-refractivity contribution in [2.45, 2.75) is 64.8 Å². The van der Waals surface area contributed by atoms with Crippen LogP contribution in [0.3, 0.4) is 0 Å². The van der Waals surface area contributed by atoms with Gasteiger partial charge in [0.15, 0.2) is 5.78 Å². The number of aliphatic hydroxyl groups is 2. The number of carbonyl (C=O) groups is 1. The normalized spacial score (nSPS) is 16.8. The van der Waals surface area contributed by atoms with Crippen LogP contribution in [-0.2, 0) is 12.8 Å². The Hall–Kier alpha value is -3.03. The van der Waals surface area contributed by atoms with Crippen LogP contribution >= 0.6 is 0 Å². The Kier molecular flexibility index (Phi) is 6.53. The van der Waals surface area contributed by atoms with Crippen molar-refractivity contribution in [1.82, 2.24) is 0 Å². The molecular formula is C25H30O7. The molecule has 0 aliphatic carbocycles. The lowest BCUT2D eigenvalue weighted by Gasteiger charge is -2.31. The zero-order valence-electron chi connectivity index (χ0n) is 18.7. The quantitative estimate of drug-likeness (QED) is 0.432. The Balaban J connectivity index is 2.16. The molecular weight excluding hydrogens is 412 g/mol. The number of hydrogen-bond donors (Lipinski definition) is 5. The van der Waals surface area contributed by atoms with Gasteiger partial charge in [0.1, 0.15) is 34.7 Å². The van der Waals surface area contributed by atoms with E-state index in [0.717, 1.165) is 5.57 Å². The largest absolute Gasteiger partial charge is 0.508 e. The number of hydrogen-bond acceptors (Lipinski definition) is 7. The van der Waals surface area contributed by atoms with Gasteiger partial charge in [-0.25, -0.2) is 0 Å². The van der Waals surface area contributed by atoms with Gasteiger partial charge in [-0.3, -0.25) is 4.79 Å². The second kappa shape index (κ2) is 8.84. The van der Waals surface area contributed by atoms with Crippen LogP contribution in [0.4, 0.5) is 0 Å². The summed E-state index contributed by atoms with van der Waals surface area (Å²) in [4.78, 5) is 13.1. The molecule has 1 aliphatic heterocycles. The fraction of sp³-hybridized carbons (Fsp3) is 0.400. The fourth-order valence-electron chi connectivity index (χ4n) is 3.66. The van der Waals surface area contributed by atoms with Gasteiger partial charge in [0.2, 0.25) is 0 Å². The van der Waals surface area contributed by atoms with Gasteiger partial charge in [-0.2, -0.15) is 0 Å². The van der Waals surface area contributed by atoms with Crippen molar-refractivity contribution in [3.8, 4) is 23.0 Å². The maximum absolute atomic E-state index is 13.1. The van der Waals surface area contributed by atoms with Gasteiger partial charge in [-0.15, -0.1) is 0 Å². The Labute approximate surface area is 187 Å². The predicted molar refractivity (Wildman–Crippen MR) is 119 cm³/mol. The van der Waals surface area contributed by atoms with E-state index in [4.69, 9.17) is 4.74 Å². The van der Waals surface area contributed by atoms with E-state index in [9.17, 15) is 30.3 Å². The summed E-state index contributed by atoms with van der Waals surface area (Å²) >= 11 is 0. The van der Waals surface area contributed by atoms with E-state index in [2.05, 4.69) is 0 Å². The minimum atomic E-state index is -1.47. The first-order chi connectivity index (χ1) is 14.9. The summed E-state index contributed by atoms with van der Waals surface area (Å²) in [6.07, 6.45) is -0.179. The number of carbonyl (C=O) groups excluding carboxylic acids is 1. The Morgan fingerprint density at radius 2 is 1.75 bits per heavy atom. The van der Waals surface area contributed by atoms with Crippen molar-refractivity contribution in [3.05, 3.63) is 58.2 Å². The number of ether oxygens (including phenoxy) is 1. The second-order valence-corrected chi connectivity index (χ2v) is 9.04. The molecule has 2 aromatic rings. The van der Waals surface area contributed by atoms with Gasteiger partial charge < -0.3 is 30.3 Å². The van der Waals surface area contributed by atoms with Crippen molar-refractivity contribution >= 4 is 5.78 Å². The highest BCUT2D eigenvalue weighted by Gasteiger charge is 2.37. The highest BCUT2D eigenvalue weighted by molar-refractivity contribution is 6.04. The van der Waals surface area contributed by atoms with Crippen LogP contribution in [0.25, 0.3) is 0 Å². The zero-order chi connectivity index (χ0) is 23.8. The number of ketones is 1. The molecule has 0 spiro atoms. The number of benzene rings is 2. The lowest BCUT2D eigenvalue weighted by Crippen LogP contribution is -2.37. The minimum absolute atomic E-state index is 0.00132. The standard InChI is InChI=1S/C25H30O7/c1-13(2)5-10-16-22(29)17(11-20(28)25(3,4)31)24-21(23(16)30)18(27)12-19(32-24)14-6-8-15(26)9-7-14/h5-9,19-20,26,28-31H,10-12H2,1-4H3. The van der Waals surface area contributed by atoms with E-state index in [1.807, 2.05) is 19.9 Å². The van der Waals surface area contributed by atoms with Gasteiger partial charge in [0.05, 0.1) is 18.1 Å². The third-order valence-electron chi connectivity index (χ3n) is 5.70. The first-order valence-electron chi connectivity index (χ1n) is 10.5. The topological polar surface area (TPSA) is 127 Å². The van der Waals surface area contributed by atoms with E-state index in [1.165, 1.54) is 26.0 Å². The number of Topliss-reactive ketones (excluding diaryl/α,β-unsaturated/α-hetero) is 1. The third kappa shape index (κ3) is 4.74. The molecule has 1 heterocycles. The number of rotatable bonds is 6. The minimum Gasteiger partial charge on any atom is -0.508 e. The Morgan fingerprint density at radius 1 is 1.12 bits per heavy atom. The van der Waals surface area contributed by atoms with E-state index < -0.39 is 17.8 Å². The molecule has 172 valence electrons. The summed E-state index contributed by atoms with van der Waals surface area (Å²) in [7, 11) is 0. The number of aromatic hydroxyl groups is 3. The van der Waals surface area contributed by atoms with Gasteiger partial charge in [0.25, 0.3) is 0 Å². The van der Waals surface area contributed by atoms with Crippen LogP contribution in [0.2, 0.25) is 0 Å². The monoisotopic (exact) mass is 442 g/mol. The third-order valence-corrected chi connectivity index (χ3v) is 5.70. The van der Waals surface area contributed by atoms with E-state index in [0.29, 0.717) is 5.56 Å². The highest BCUT2D eigenvalue weighted by atomic mass is 16.5. The molecule has 7 heteroatoms. The van der Waals surface area contributed by atoms with Crippen molar-refractivity contribution in [3.63, 3.8) is 0 Å². The average Bonchev–Trinajstić information content (AvgIpc) is 2.69. The lowest BCUT2D eigenvalue weighted by atomic mass is 9.86. The molecule has 0 amide bonds. The molecule has 0 saturated carbocycles. The van der Waals surface area contributed by atoms with Crippen molar-refractivity contribution in [2.24, 2.45) is 0 Å². The van der Waals surface area contributed by atoms with E-state index in [-0.39, 0.29) is 64.7 Å². The summed E-state index contributed by atoms with van der Waals surface area (Å²) in [5.74, 6) is -0.908. The van der Waals surface area contributed by atoms with Crippen LogP contribution in [0.1, 0.15) is 67.3 Å². The summed E-state index contributed by atoms with van der Waals surface area (Å²) in [5, 5.41) is 52.2. The number of aliphatic hydroxyl groups excluding tert-OH is 1. The maximum Gasteiger partial charge on any atom is 0.174 e. The molecule has 32 heavy (non-hydrogen) atoms. The van der Waals surface area contributed by atoms with Crippen LogP contribution in [0.5, 0.6) is 23.0 Å². The van der Waals surface area contributed by atoms with Crippen molar-refractivity contribution in [2.75, 3.05) is 0 Å². The fourth-order valence-corrected chi connectivity index (χ4v) is 3.66. The van der Waals surface area contributed by atoms with E-state index in [1.54, 1.807) is 12.1 Å². The Morgan fingerprint density at radius 3 is 2.31 bits per heavy atom. The van der Waals surface area contributed by atoms with E-state index >= 15 is 0 Å². The molecule has 0 bridgehead atoms. The van der Waals surface area contributed by atoms with Gasteiger partial charge in [-0.05, 0) is 51.8 Å². The molecule has 3 rings (SSSR count). The summed E-state index contributed by atoms with van der Waals surface area (Å²) in [5.41, 5.74) is 0.432. The number of phenolic OH excluding ortho intramolecular Hbond substituents is 3.